The molecule has 0 spiro atoms. The van der Waals surface area contributed by atoms with Crippen molar-refractivity contribution < 1.29 is 18.7 Å². The Morgan fingerprint density at radius 3 is 2.00 bits per heavy atom. The van der Waals surface area contributed by atoms with Crippen LogP contribution in [0, 0.1) is 11.8 Å². The molecule has 0 aromatic heterocycles. The Hall–Kier alpha value is -1.95. The molecule has 0 aliphatic heterocycles. The molecule has 0 bridgehead atoms. The summed E-state index contributed by atoms with van der Waals surface area (Å²) in [6.45, 7) is 18.3. The van der Waals surface area contributed by atoms with E-state index in [-0.39, 0.29) is 29.1 Å². The monoisotopic (exact) mass is 498 g/mol. The van der Waals surface area contributed by atoms with Gasteiger partial charge in [0.2, 0.25) is 0 Å². The summed E-state index contributed by atoms with van der Waals surface area (Å²) in [4.78, 5) is 13.0. The van der Waals surface area contributed by atoms with Gasteiger partial charge in [-0.1, -0.05) is 95.3 Å². The van der Waals surface area contributed by atoms with Gasteiger partial charge in [-0.3, -0.25) is 4.79 Å². The van der Waals surface area contributed by atoms with Crippen molar-refractivity contribution >= 4 is 14.3 Å². The van der Waals surface area contributed by atoms with E-state index in [9.17, 15) is 4.79 Å². The fourth-order valence-corrected chi connectivity index (χ4v) is 5.23. The third-order valence-corrected chi connectivity index (χ3v) is 11.3. The molecule has 2 aromatic carbocycles. The van der Waals surface area contributed by atoms with Crippen LogP contribution in [0.5, 0.6) is 0 Å². The van der Waals surface area contributed by atoms with Gasteiger partial charge in [-0.25, -0.2) is 0 Å². The summed E-state index contributed by atoms with van der Waals surface area (Å²) >= 11 is 0. The molecule has 0 heterocycles. The zero-order valence-electron chi connectivity index (χ0n) is 23.0. The van der Waals surface area contributed by atoms with Crippen molar-refractivity contribution in [1.29, 1.82) is 0 Å². The Kier molecular flexibility index (Phi) is 11.2. The first-order valence-electron chi connectivity index (χ1n) is 13.0. The highest BCUT2D eigenvalue weighted by Crippen LogP contribution is 2.42. The molecule has 0 unspecified atom stereocenters. The minimum absolute atomic E-state index is 0.0441. The first-order valence-corrected chi connectivity index (χ1v) is 15.9. The molecule has 2 aromatic rings. The van der Waals surface area contributed by atoms with Crippen LogP contribution >= 0.6 is 0 Å². The molecule has 35 heavy (non-hydrogen) atoms. The van der Waals surface area contributed by atoms with Gasteiger partial charge in [-0.05, 0) is 54.9 Å². The van der Waals surface area contributed by atoms with Gasteiger partial charge in [-0.15, -0.1) is 0 Å². The lowest BCUT2D eigenvalue weighted by Gasteiger charge is -2.42. The van der Waals surface area contributed by atoms with Crippen LogP contribution in [-0.4, -0.2) is 27.0 Å². The number of rotatable bonds is 13. The summed E-state index contributed by atoms with van der Waals surface area (Å²) in [5.41, 5.74) is 2.19. The van der Waals surface area contributed by atoms with E-state index in [1.54, 1.807) is 0 Å². The van der Waals surface area contributed by atoms with Gasteiger partial charge in [0.1, 0.15) is 0 Å². The van der Waals surface area contributed by atoms with E-state index in [2.05, 4.69) is 72.0 Å². The number of benzene rings is 2. The maximum atomic E-state index is 13.0. The maximum absolute atomic E-state index is 13.0. The number of hydrogen-bond donors (Lipinski definition) is 0. The van der Waals surface area contributed by atoms with Crippen molar-refractivity contribution in [3.05, 3.63) is 71.8 Å². The summed E-state index contributed by atoms with van der Waals surface area (Å²) in [5, 5.41) is 0.0441. The fourth-order valence-electron chi connectivity index (χ4n) is 3.95. The van der Waals surface area contributed by atoms with Crippen molar-refractivity contribution in [3.8, 4) is 0 Å². The molecule has 0 aliphatic carbocycles. The van der Waals surface area contributed by atoms with Crippen LogP contribution in [0.15, 0.2) is 60.7 Å². The molecule has 0 N–H and O–H groups in total. The number of hydrogen-bond acceptors (Lipinski definition) is 4. The SMILES string of the molecule is CCOC(=O)[C@H](CC(C)C)C[C@H](OCc1ccccc1)[C@@H](O[Si](C)(C)C(C)(C)C)c1ccccc1. The molecule has 3 atom stereocenters. The lowest BCUT2D eigenvalue weighted by molar-refractivity contribution is -0.151. The standard InChI is InChI=1S/C30H46O4Si/c1-9-32-29(31)26(20-23(2)3)21-27(33-22-24-16-12-10-13-17-24)28(25-18-14-11-15-19-25)34-35(7,8)30(4,5)6/h10-19,23,26-28H,9,20-22H2,1-8H3/t26-,27+,28+/m1/s1. The molecule has 0 saturated heterocycles. The minimum Gasteiger partial charge on any atom is -0.466 e. The zero-order valence-corrected chi connectivity index (χ0v) is 24.0. The molecule has 0 fully saturated rings. The zero-order chi connectivity index (χ0) is 26.1. The van der Waals surface area contributed by atoms with E-state index in [0.29, 0.717) is 25.6 Å². The lowest BCUT2D eigenvalue weighted by atomic mass is 9.89. The van der Waals surface area contributed by atoms with Gasteiger partial charge in [-0.2, -0.15) is 0 Å². The van der Waals surface area contributed by atoms with Gasteiger partial charge in [0, 0.05) is 0 Å². The van der Waals surface area contributed by atoms with E-state index in [4.69, 9.17) is 13.9 Å². The maximum Gasteiger partial charge on any atom is 0.309 e. The predicted molar refractivity (Wildman–Crippen MR) is 147 cm³/mol. The second kappa shape index (κ2) is 13.4. The quantitative estimate of drug-likeness (QED) is 0.208. The first kappa shape index (κ1) is 29.3. The second-order valence-corrected chi connectivity index (χ2v) is 16.1. The van der Waals surface area contributed by atoms with E-state index >= 15 is 0 Å². The second-order valence-electron chi connectivity index (χ2n) is 11.4. The van der Waals surface area contributed by atoms with Crippen molar-refractivity contribution in [2.45, 2.75) is 91.3 Å². The van der Waals surface area contributed by atoms with Crippen LogP contribution in [0.2, 0.25) is 18.1 Å². The minimum atomic E-state index is -2.14. The van der Waals surface area contributed by atoms with Gasteiger partial charge < -0.3 is 13.9 Å². The molecule has 0 aliphatic rings. The average molecular weight is 499 g/mol. The van der Waals surface area contributed by atoms with Crippen LogP contribution < -0.4 is 0 Å². The molecule has 5 heteroatoms. The third-order valence-electron chi connectivity index (χ3n) is 6.89. The third kappa shape index (κ3) is 9.21. The summed E-state index contributed by atoms with van der Waals surface area (Å²) in [6, 6.07) is 20.5. The van der Waals surface area contributed by atoms with E-state index in [1.165, 1.54) is 0 Å². The molecule has 194 valence electrons. The van der Waals surface area contributed by atoms with Gasteiger partial charge in [0.15, 0.2) is 8.32 Å². The molecular weight excluding hydrogens is 452 g/mol. The highest BCUT2D eigenvalue weighted by molar-refractivity contribution is 6.74. The van der Waals surface area contributed by atoms with Crippen LogP contribution in [0.25, 0.3) is 0 Å². The Morgan fingerprint density at radius 1 is 0.914 bits per heavy atom. The Morgan fingerprint density at radius 2 is 1.49 bits per heavy atom. The van der Waals surface area contributed by atoms with Crippen molar-refractivity contribution in [2.24, 2.45) is 11.8 Å². The van der Waals surface area contributed by atoms with E-state index in [1.807, 2.05) is 43.3 Å². The van der Waals surface area contributed by atoms with Crippen molar-refractivity contribution in [3.63, 3.8) is 0 Å². The van der Waals surface area contributed by atoms with Gasteiger partial charge in [0.25, 0.3) is 0 Å². The van der Waals surface area contributed by atoms with E-state index in [0.717, 1.165) is 17.5 Å². The molecule has 0 amide bonds. The van der Waals surface area contributed by atoms with Crippen LogP contribution in [0.3, 0.4) is 0 Å². The summed E-state index contributed by atoms with van der Waals surface area (Å²) < 4.78 is 19.2. The average Bonchev–Trinajstić information content (AvgIpc) is 2.80. The molecule has 4 nitrogen and oxygen atoms in total. The topological polar surface area (TPSA) is 44.8 Å². The number of carbonyl (C=O) groups excluding carboxylic acids is 1. The largest absolute Gasteiger partial charge is 0.466 e. The predicted octanol–water partition coefficient (Wildman–Crippen LogP) is 7.95. The fraction of sp³-hybridized carbons (Fsp3) is 0.567. The van der Waals surface area contributed by atoms with E-state index < -0.39 is 8.32 Å². The van der Waals surface area contributed by atoms with Crippen LogP contribution in [-0.2, 0) is 25.3 Å². The first-order chi connectivity index (χ1) is 16.4. The summed E-state index contributed by atoms with van der Waals surface area (Å²) in [6.07, 6.45) is 0.744. The Bertz CT molecular complexity index is 874. The Balaban J connectivity index is 2.47. The lowest BCUT2D eigenvalue weighted by Crippen LogP contribution is -2.45. The van der Waals surface area contributed by atoms with Crippen LogP contribution in [0.4, 0.5) is 0 Å². The number of ether oxygens (including phenoxy) is 2. The molecule has 0 saturated carbocycles. The molecule has 2 rings (SSSR count). The smallest absolute Gasteiger partial charge is 0.309 e. The molecular formula is C30H46O4Si. The van der Waals surface area contributed by atoms with Crippen LogP contribution in [0.1, 0.15) is 71.6 Å². The Labute approximate surface area is 214 Å². The molecule has 0 radical (unpaired) electrons. The van der Waals surface area contributed by atoms with Gasteiger partial charge >= 0.3 is 5.97 Å². The van der Waals surface area contributed by atoms with Gasteiger partial charge in [0.05, 0.1) is 31.3 Å². The summed E-state index contributed by atoms with van der Waals surface area (Å²) in [7, 11) is -2.14. The van der Waals surface area contributed by atoms with Crippen molar-refractivity contribution in [2.75, 3.05) is 6.61 Å². The summed E-state index contributed by atoms with van der Waals surface area (Å²) in [5.74, 6) is -0.0192. The van der Waals surface area contributed by atoms with Crippen molar-refractivity contribution in [1.82, 2.24) is 0 Å². The highest BCUT2D eigenvalue weighted by Gasteiger charge is 2.42. The normalized spacial score (nSPS) is 15.0. The number of carbonyl (C=O) groups is 1. The highest BCUT2D eigenvalue weighted by atomic mass is 28.4. The number of esters is 1.